The van der Waals surface area contributed by atoms with Gasteiger partial charge in [-0.15, -0.1) is 0 Å². The van der Waals surface area contributed by atoms with Crippen LogP contribution in [0.3, 0.4) is 0 Å². The number of amides is 2. The number of nitrogens with one attached hydrogen (secondary N) is 3. The normalized spacial score (nSPS) is 18.8. The number of aromatic nitrogens is 3. The van der Waals surface area contributed by atoms with Crippen LogP contribution in [0.1, 0.15) is 54.7 Å². The number of aromatic amines is 1. The van der Waals surface area contributed by atoms with E-state index in [0.717, 1.165) is 64.9 Å². The standard InChI is InChI=1S/C36H39N7O3/c1-22-13-14-25(35-38-21-31(46-35)24-15-16-26-29(19-24)40-33(39-26)27-11-7-17-37-27)20-28(22)41-34(44)30-12-8-18-43(30)36(45)32(42(2)3)23-9-5-4-6-10-23/h4-6,9-10,13-16,19-21,27,30,32,37H,7-8,11-12,17-18H2,1-3H3,(H,39,40)(H,41,44)/t27-,30-,32+/m0/s1. The smallest absolute Gasteiger partial charge is 0.247 e. The third-order valence-electron chi connectivity index (χ3n) is 9.13. The largest absolute Gasteiger partial charge is 0.436 e. The van der Waals surface area contributed by atoms with E-state index in [4.69, 9.17) is 9.40 Å². The van der Waals surface area contributed by atoms with Crippen molar-refractivity contribution in [3.05, 3.63) is 89.9 Å². The van der Waals surface area contributed by atoms with Crippen molar-refractivity contribution in [3.8, 4) is 22.8 Å². The Bertz CT molecular complexity index is 1870. The molecule has 2 aliphatic heterocycles. The summed E-state index contributed by atoms with van der Waals surface area (Å²) in [6.07, 6.45) is 5.36. The summed E-state index contributed by atoms with van der Waals surface area (Å²) in [7, 11) is 3.79. The lowest BCUT2D eigenvalue weighted by Gasteiger charge is -2.31. The predicted octanol–water partition coefficient (Wildman–Crippen LogP) is 5.85. The molecule has 0 spiro atoms. The van der Waals surface area contributed by atoms with Crippen LogP contribution in [0.4, 0.5) is 5.69 Å². The molecule has 4 heterocycles. The number of likely N-dealkylation sites (tertiary alicyclic amines) is 1. The molecule has 3 aromatic carbocycles. The van der Waals surface area contributed by atoms with E-state index < -0.39 is 12.1 Å². The lowest BCUT2D eigenvalue weighted by atomic mass is 10.0. The third-order valence-corrected chi connectivity index (χ3v) is 9.13. The van der Waals surface area contributed by atoms with Crippen LogP contribution in [0.15, 0.2) is 77.3 Å². The van der Waals surface area contributed by atoms with Gasteiger partial charge in [0.15, 0.2) is 5.76 Å². The Morgan fingerprint density at radius 3 is 2.63 bits per heavy atom. The summed E-state index contributed by atoms with van der Waals surface area (Å²) < 4.78 is 6.22. The van der Waals surface area contributed by atoms with Gasteiger partial charge in [0.1, 0.15) is 17.9 Å². The van der Waals surface area contributed by atoms with Crippen LogP contribution in [0.5, 0.6) is 0 Å². The first-order valence-electron chi connectivity index (χ1n) is 16.0. The van der Waals surface area contributed by atoms with Gasteiger partial charge in [0, 0.05) is 23.4 Å². The van der Waals surface area contributed by atoms with E-state index in [1.165, 1.54) is 0 Å². The molecule has 2 fully saturated rings. The summed E-state index contributed by atoms with van der Waals surface area (Å²) in [6.45, 7) is 3.52. The van der Waals surface area contributed by atoms with Crippen molar-refractivity contribution in [1.29, 1.82) is 0 Å². The average molecular weight is 618 g/mol. The van der Waals surface area contributed by atoms with Crippen molar-refractivity contribution < 1.29 is 14.0 Å². The molecule has 10 nitrogen and oxygen atoms in total. The van der Waals surface area contributed by atoms with Crippen molar-refractivity contribution in [2.75, 3.05) is 32.5 Å². The zero-order valence-corrected chi connectivity index (χ0v) is 26.4. The van der Waals surface area contributed by atoms with Crippen molar-refractivity contribution in [2.45, 2.75) is 50.7 Å². The number of aryl methyl sites for hydroxylation is 1. The SMILES string of the molecule is Cc1ccc(-c2ncc(-c3ccc4nc([C@@H]5CCCN5)[nH]c4c3)o2)cc1NC(=O)[C@@H]1CCCN1C(=O)[C@@H](c1ccccc1)N(C)C. The van der Waals surface area contributed by atoms with Gasteiger partial charge in [-0.2, -0.15) is 0 Å². The number of benzene rings is 3. The molecule has 2 saturated heterocycles. The van der Waals surface area contributed by atoms with Crippen LogP contribution in [0.2, 0.25) is 0 Å². The van der Waals surface area contributed by atoms with Crippen LogP contribution in [-0.2, 0) is 9.59 Å². The van der Waals surface area contributed by atoms with E-state index in [0.29, 0.717) is 30.3 Å². The van der Waals surface area contributed by atoms with Crippen molar-refractivity contribution >= 4 is 28.5 Å². The first-order valence-corrected chi connectivity index (χ1v) is 16.0. The summed E-state index contributed by atoms with van der Waals surface area (Å²) in [4.78, 5) is 43.9. The molecule has 0 radical (unpaired) electrons. The van der Waals surface area contributed by atoms with Crippen LogP contribution >= 0.6 is 0 Å². The summed E-state index contributed by atoms with van der Waals surface area (Å²) in [5.74, 6) is 1.82. The Labute approximate surface area is 268 Å². The fraction of sp³-hybridized carbons (Fsp3) is 0.333. The number of imidazole rings is 1. The molecule has 46 heavy (non-hydrogen) atoms. The molecule has 0 bridgehead atoms. The molecular weight excluding hydrogens is 578 g/mol. The van der Waals surface area contributed by atoms with Gasteiger partial charge < -0.3 is 24.9 Å². The highest BCUT2D eigenvalue weighted by Crippen LogP contribution is 2.32. The Kier molecular flexibility index (Phi) is 8.14. The Hall–Kier alpha value is -4.80. The van der Waals surface area contributed by atoms with Gasteiger partial charge >= 0.3 is 0 Å². The zero-order chi connectivity index (χ0) is 31.8. The lowest BCUT2D eigenvalue weighted by Crippen LogP contribution is -2.47. The van der Waals surface area contributed by atoms with E-state index in [1.54, 1.807) is 11.1 Å². The van der Waals surface area contributed by atoms with E-state index >= 15 is 0 Å². The molecule has 0 aliphatic carbocycles. The van der Waals surface area contributed by atoms with Crippen molar-refractivity contribution in [2.24, 2.45) is 0 Å². The summed E-state index contributed by atoms with van der Waals surface area (Å²) in [5.41, 5.74) is 6.02. The molecule has 3 atom stereocenters. The van der Waals surface area contributed by atoms with Gasteiger partial charge in [-0.25, -0.2) is 9.97 Å². The van der Waals surface area contributed by atoms with Crippen LogP contribution in [0.25, 0.3) is 33.8 Å². The Morgan fingerprint density at radius 2 is 1.85 bits per heavy atom. The van der Waals surface area contributed by atoms with Gasteiger partial charge in [-0.05, 0) is 94.7 Å². The Balaban J connectivity index is 1.08. The number of hydrogen-bond donors (Lipinski definition) is 3. The average Bonchev–Trinajstić information content (AvgIpc) is 3.88. The maximum Gasteiger partial charge on any atom is 0.247 e. The molecular formula is C36H39N7O3. The first kappa shape index (κ1) is 29.9. The quantitative estimate of drug-likeness (QED) is 0.200. The van der Waals surface area contributed by atoms with E-state index in [9.17, 15) is 9.59 Å². The number of oxazole rings is 1. The molecule has 0 saturated carbocycles. The van der Waals surface area contributed by atoms with Crippen molar-refractivity contribution in [3.63, 3.8) is 0 Å². The predicted molar refractivity (Wildman–Crippen MR) is 178 cm³/mol. The minimum atomic E-state index is -0.544. The minimum absolute atomic E-state index is 0.0635. The maximum absolute atomic E-state index is 13.8. The number of anilines is 1. The molecule has 3 N–H and O–H groups in total. The number of hydrogen-bond acceptors (Lipinski definition) is 7. The molecule has 5 aromatic rings. The van der Waals surface area contributed by atoms with Gasteiger partial charge in [-0.3, -0.25) is 14.5 Å². The second-order valence-electron chi connectivity index (χ2n) is 12.5. The highest BCUT2D eigenvalue weighted by Gasteiger charge is 2.38. The summed E-state index contributed by atoms with van der Waals surface area (Å²) >= 11 is 0. The van der Waals surface area contributed by atoms with Crippen LogP contribution < -0.4 is 10.6 Å². The van der Waals surface area contributed by atoms with Gasteiger partial charge in [-0.1, -0.05) is 36.4 Å². The van der Waals surface area contributed by atoms with E-state index in [2.05, 4.69) is 20.6 Å². The molecule has 2 aliphatic rings. The van der Waals surface area contributed by atoms with Gasteiger partial charge in [0.2, 0.25) is 17.7 Å². The number of carbonyl (C=O) groups is 2. The van der Waals surface area contributed by atoms with Crippen molar-refractivity contribution in [1.82, 2.24) is 30.1 Å². The monoisotopic (exact) mass is 617 g/mol. The lowest BCUT2D eigenvalue weighted by molar-refractivity contribution is -0.140. The maximum atomic E-state index is 13.8. The van der Waals surface area contributed by atoms with Gasteiger partial charge in [0.25, 0.3) is 0 Å². The highest BCUT2D eigenvalue weighted by molar-refractivity contribution is 5.99. The van der Waals surface area contributed by atoms with Crippen LogP contribution in [0, 0.1) is 6.92 Å². The summed E-state index contributed by atoms with van der Waals surface area (Å²) in [6, 6.07) is 20.8. The number of nitrogens with zero attached hydrogens (tertiary/aromatic N) is 4. The number of H-pyrrole nitrogens is 1. The zero-order valence-electron chi connectivity index (χ0n) is 26.4. The van der Waals surface area contributed by atoms with Crippen LogP contribution in [-0.4, -0.2) is 69.8 Å². The molecule has 0 unspecified atom stereocenters. The van der Waals surface area contributed by atoms with E-state index in [-0.39, 0.29) is 17.9 Å². The number of rotatable bonds is 8. The number of fused-ring (bicyclic) bond motifs is 1. The molecule has 10 heteroatoms. The third kappa shape index (κ3) is 5.81. The molecule has 2 aromatic heterocycles. The fourth-order valence-electron chi connectivity index (χ4n) is 6.67. The molecule has 236 valence electrons. The van der Waals surface area contributed by atoms with E-state index in [1.807, 2.05) is 92.6 Å². The second kappa shape index (κ2) is 12.5. The van der Waals surface area contributed by atoms with Gasteiger partial charge in [0.05, 0.1) is 23.3 Å². The second-order valence-corrected chi connectivity index (χ2v) is 12.5. The Morgan fingerprint density at radius 1 is 1.02 bits per heavy atom. The summed E-state index contributed by atoms with van der Waals surface area (Å²) in [5, 5.41) is 6.60. The number of carbonyl (C=O) groups excluding carboxylic acids is 2. The molecule has 7 rings (SSSR count). The minimum Gasteiger partial charge on any atom is -0.436 e. The first-order chi connectivity index (χ1) is 22.4. The fourth-order valence-corrected chi connectivity index (χ4v) is 6.67. The topological polar surface area (TPSA) is 119 Å². The molecule has 2 amide bonds. The number of likely N-dealkylation sites (N-methyl/N-ethyl adjacent to an activating group) is 1. The highest BCUT2D eigenvalue weighted by atomic mass is 16.4.